The Morgan fingerprint density at radius 1 is 0.818 bits per heavy atom. The van der Waals surface area contributed by atoms with Crippen LogP contribution in [0.25, 0.3) is 10.2 Å². The highest BCUT2D eigenvalue weighted by atomic mass is 35.5. The quantitative estimate of drug-likeness (QED) is 0.323. The summed E-state index contributed by atoms with van der Waals surface area (Å²) < 4.78 is 12.3. The van der Waals surface area contributed by atoms with E-state index in [1.807, 2.05) is 77.7 Å². The first-order valence-electron chi connectivity index (χ1n) is 10.6. The number of aliphatic hydroxyl groups is 2. The summed E-state index contributed by atoms with van der Waals surface area (Å²) in [5, 5.41) is 22.6. The molecule has 0 fully saturated rings. The number of rotatable bonds is 11. The van der Waals surface area contributed by atoms with Crippen molar-refractivity contribution in [3.8, 4) is 11.5 Å². The molecular formula is C25H25ClN2O4S. The molecule has 0 aliphatic rings. The van der Waals surface area contributed by atoms with Crippen molar-refractivity contribution in [3.05, 3.63) is 83.9 Å². The summed E-state index contributed by atoms with van der Waals surface area (Å²) in [5.74, 6) is 1.38. The molecule has 3 aromatic carbocycles. The van der Waals surface area contributed by atoms with Crippen molar-refractivity contribution >= 4 is 38.3 Å². The van der Waals surface area contributed by atoms with Gasteiger partial charge in [-0.3, -0.25) is 0 Å². The van der Waals surface area contributed by atoms with Crippen molar-refractivity contribution < 1.29 is 19.7 Å². The summed E-state index contributed by atoms with van der Waals surface area (Å²) in [6.45, 7) is 0.716. The van der Waals surface area contributed by atoms with Crippen molar-refractivity contribution in [2.75, 3.05) is 31.2 Å². The zero-order chi connectivity index (χ0) is 23.0. The first-order valence-corrected chi connectivity index (χ1v) is 11.8. The first-order chi connectivity index (χ1) is 16.1. The average Bonchev–Trinajstić information content (AvgIpc) is 3.25. The Kier molecular flexibility index (Phi) is 8.01. The number of ether oxygens (including phenoxy) is 2. The molecule has 172 valence electrons. The number of aromatic nitrogens is 1. The third-order valence-electron chi connectivity index (χ3n) is 4.84. The van der Waals surface area contributed by atoms with Crippen LogP contribution in [0.15, 0.2) is 78.9 Å². The molecule has 33 heavy (non-hydrogen) atoms. The summed E-state index contributed by atoms with van der Waals surface area (Å²) in [6.07, 6.45) is -1.58. The predicted molar refractivity (Wildman–Crippen MR) is 133 cm³/mol. The normalized spacial score (nSPS) is 12.9. The van der Waals surface area contributed by atoms with Gasteiger partial charge in [0, 0.05) is 18.1 Å². The summed E-state index contributed by atoms with van der Waals surface area (Å²) in [7, 11) is 0. The van der Waals surface area contributed by atoms with E-state index in [0.29, 0.717) is 21.7 Å². The van der Waals surface area contributed by atoms with Gasteiger partial charge in [-0.05, 0) is 42.5 Å². The summed E-state index contributed by atoms with van der Waals surface area (Å²) in [4.78, 5) is 6.54. The number of halogens is 1. The molecule has 8 heteroatoms. The summed E-state index contributed by atoms with van der Waals surface area (Å²) in [5.41, 5.74) is 0.814. The Morgan fingerprint density at radius 2 is 1.36 bits per heavy atom. The molecule has 0 saturated carbocycles. The molecule has 1 aromatic heterocycles. The number of hydrogen-bond acceptors (Lipinski definition) is 7. The van der Waals surface area contributed by atoms with Crippen LogP contribution in [0.3, 0.4) is 0 Å². The van der Waals surface area contributed by atoms with Crippen LogP contribution in [0.5, 0.6) is 11.5 Å². The fraction of sp³-hybridized carbons (Fsp3) is 0.240. The molecule has 0 spiro atoms. The number of benzene rings is 3. The standard InChI is InChI=1S/C25H25ClN2O4S/c26-18-11-12-23-24(13-18)33-25(27-23)28(14-19(29)16-31-21-7-3-1-4-8-21)15-20(30)17-32-22-9-5-2-6-10-22/h1-13,19-20,29-30H,14-17H2. The van der Waals surface area contributed by atoms with E-state index >= 15 is 0 Å². The van der Waals surface area contributed by atoms with Crippen LogP contribution in [-0.2, 0) is 0 Å². The Morgan fingerprint density at radius 3 is 1.91 bits per heavy atom. The molecule has 4 rings (SSSR count). The van der Waals surface area contributed by atoms with E-state index < -0.39 is 12.2 Å². The highest BCUT2D eigenvalue weighted by Gasteiger charge is 2.21. The maximum Gasteiger partial charge on any atom is 0.186 e. The van der Waals surface area contributed by atoms with Gasteiger partial charge in [0.25, 0.3) is 0 Å². The lowest BCUT2D eigenvalue weighted by atomic mass is 10.3. The summed E-state index contributed by atoms with van der Waals surface area (Å²) in [6, 6.07) is 24.2. The van der Waals surface area contributed by atoms with E-state index in [1.54, 1.807) is 6.07 Å². The molecule has 6 nitrogen and oxygen atoms in total. The lowest BCUT2D eigenvalue weighted by Crippen LogP contribution is -2.41. The van der Waals surface area contributed by atoms with Crippen LogP contribution in [-0.4, -0.2) is 53.7 Å². The fourth-order valence-corrected chi connectivity index (χ4v) is 4.54. The molecule has 0 aliphatic heterocycles. The van der Waals surface area contributed by atoms with Crippen LogP contribution < -0.4 is 14.4 Å². The second-order valence-electron chi connectivity index (χ2n) is 7.57. The number of hydrogen-bond donors (Lipinski definition) is 2. The Hall–Kier alpha value is -2.84. The van der Waals surface area contributed by atoms with Gasteiger partial charge in [0.2, 0.25) is 0 Å². The van der Waals surface area contributed by atoms with Crippen LogP contribution >= 0.6 is 22.9 Å². The maximum absolute atomic E-state index is 10.7. The maximum atomic E-state index is 10.7. The molecule has 1 heterocycles. The van der Waals surface area contributed by atoms with E-state index in [1.165, 1.54) is 11.3 Å². The molecule has 2 atom stereocenters. The molecule has 0 saturated heterocycles. The van der Waals surface area contributed by atoms with E-state index in [9.17, 15) is 10.2 Å². The molecule has 4 aromatic rings. The molecule has 2 unspecified atom stereocenters. The minimum Gasteiger partial charge on any atom is -0.491 e. The molecule has 0 amide bonds. The fourth-order valence-electron chi connectivity index (χ4n) is 3.28. The lowest BCUT2D eigenvalue weighted by Gasteiger charge is -2.27. The number of aliphatic hydroxyl groups excluding tert-OH is 2. The lowest BCUT2D eigenvalue weighted by molar-refractivity contribution is 0.0954. The zero-order valence-electron chi connectivity index (χ0n) is 17.9. The molecular weight excluding hydrogens is 460 g/mol. The van der Waals surface area contributed by atoms with Crippen molar-refractivity contribution in [3.63, 3.8) is 0 Å². The minimum absolute atomic E-state index is 0.119. The van der Waals surface area contributed by atoms with Gasteiger partial charge >= 0.3 is 0 Å². The topological polar surface area (TPSA) is 75.1 Å². The Labute approximate surface area is 201 Å². The predicted octanol–water partition coefficient (Wildman–Crippen LogP) is 4.64. The molecule has 0 bridgehead atoms. The van der Waals surface area contributed by atoms with Gasteiger partial charge in [-0.1, -0.05) is 59.3 Å². The highest BCUT2D eigenvalue weighted by Crippen LogP contribution is 2.31. The molecule has 2 N–H and O–H groups in total. The summed E-state index contributed by atoms with van der Waals surface area (Å²) >= 11 is 7.59. The molecule has 0 radical (unpaired) electrons. The van der Waals surface area contributed by atoms with Crippen molar-refractivity contribution in [1.29, 1.82) is 0 Å². The second-order valence-corrected chi connectivity index (χ2v) is 9.01. The number of thiazole rings is 1. The zero-order valence-corrected chi connectivity index (χ0v) is 19.5. The van der Waals surface area contributed by atoms with Crippen molar-refractivity contribution in [2.24, 2.45) is 0 Å². The second kappa shape index (κ2) is 11.3. The van der Waals surface area contributed by atoms with Crippen molar-refractivity contribution in [2.45, 2.75) is 12.2 Å². The van der Waals surface area contributed by atoms with Gasteiger partial charge in [-0.2, -0.15) is 0 Å². The SMILES string of the molecule is OC(COc1ccccc1)CN(CC(O)COc1ccccc1)c1nc2ccc(Cl)cc2s1. The largest absolute Gasteiger partial charge is 0.491 e. The smallest absolute Gasteiger partial charge is 0.186 e. The van der Waals surface area contributed by atoms with E-state index in [2.05, 4.69) is 4.98 Å². The molecule has 0 aliphatic carbocycles. The Balaban J connectivity index is 1.44. The van der Waals surface area contributed by atoms with E-state index in [-0.39, 0.29) is 26.3 Å². The minimum atomic E-state index is -0.789. The van der Waals surface area contributed by atoms with Crippen molar-refractivity contribution in [1.82, 2.24) is 4.98 Å². The van der Waals surface area contributed by atoms with Gasteiger partial charge in [-0.25, -0.2) is 4.98 Å². The van der Waals surface area contributed by atoms with Gasteiger partial charge in [-0.15, -0.1) is 0 Å². The number of fused-ring (bicyclic) bond motifs is 1. The van der Waals surface area contributed by atoms with Crippen LogP contribution in [0.4, 0.5) is 5.13 Å². The third-order valence-corrected chi connectivity index (χ3v) is 6.16. The van der Waals surface area contributed by atoms with Gasteiger partial charge in [0.05, 0.1) is 10.2 Å². The number of nitrogens with zero attached hydrogens (tertiary/aromatic N) is 2. The van der Waals surface area contributed by atoms with Crippen LogP contribution in [0.1, 0.15) is 0 Å². The van der Waals surface area contributed by atoms with Crippen LogP contribution in [0.2, 0.25) is 5.02 Å². The van der Waals surface area contributed by atoms with E-state index in [0.717, 1.165) is 10.2 Å². The highest BCUT2D eigenvalue weighted by molar-refractivity contribution is 7.22. The Bertz CT molecular complexity index is 1090. The van der Waals surface area contributed by atoms with Gasteiger partial charge in [0.15, 0.2) is 5.13 Å². The van der Waals surface area contributed by atoms with Crippen LogP contribution in [0, 0.1) is 0 Å². The van der Waals surface area contributed by atoms with Gasteiger partial charge < -0.3 is 24.6 Å². The third kappa shape index (κ3) is 6.82. The number of para-hydroxylation sites is 2. The van der Waals surface area contributed by atoms with E-state index in [4.69, 9.17) is 21.1 Å². The average molecular weight is 485 g/mol. The monoisotopic (exact) mass is 484 g/mol. The van der Waals surface area contributed by atoms with Gasteiger partial charge in [0.1, 0.15) is 36.9 Å². The first kappa shape index (κ1) is 23.3. The number of anilines is 1.